The third-order valence-corrected chi connectivity index (χ3v) is 8.74. The smallest absolute Gasteiger partial charge is 0.256 e. The third-order valence-electron chi connectivity index (χ3n) is 8.01. The summed E-state index contributed by atoms with van der Waals surface area (Å²) in [5.41, 5.74) is 2.78. The maximum atomic E-state index is 13.7. The molecule has 2 aromatic rings. The van der Waals surface area contributed by atoms with Crippen molar-refractivity contribution in [2.24, 2.45) is 5.92 Å². The van der Waals surface area contributed by atoms with Crippen molar-refractivity contribution in [3.05, 3.63) is 66.0 Å². The van der Waals surface area contributed by atoms with Crippen molar-refractivity contribution in [2.45, 2.75) is 52.2 Å². The molecular formula is C27H33Cl2N3O5. The predicted molar refractivity (Wildman–Crippen MR) is 142 cm³/mol. The molecule has 37 heavy (non-hydrogen) atoms. The second-order valence-electron chi connectivity index (χ2n) is 10.1. The number of pyridine rings is 1. The van der Waals surface area contributed by atoms with Gasteiger partial charge in [-0.1, -0.05) is 23.2 Å². The fourth-order valence-corrected chi connectivity index (χ4v) is 6.43. The van der Waals surface area contributed by atoms with Crippen LogP contribution in [0.25, 0.3) is 0 Å². The van der Waals surface area contributed by atoms with E-state index in [1.807, 2.05) is 26.8 Å². The van der Waals surface area contributed by atoms with Gasteiger partial charge in [0.25, 0.3) is 11.5 Å². The molecule has 1 fully saturated rings. The Balaban J connectivity index is 1.68. The number of likely N-dealkylation sites (tertiary alicyclic amines) is 1. The molecule has 0 bridgehead atoms. The van der Waals surface area contributed by atoms with Crippen LogP contribution in [0.2, 0.25) is 10.0 Å². The first kappa shape index (κ1) is 27.6. The van der Waals surface area contributed by atoms with Crippen LogP contribution in [0.4, 0.5) is 0 Å². The first-order chi connectivity index (χ1) is 17.5. The van der Waals surface area contributed by atoms with E-state index in [1.165, 1.54) is 0 Å². The number of benzene rings is 1. The highest BCUT2D eigenvalue weighted by molar-refractivity contribution is 6.37. The summed E-state index contributed by atoms with van der Waals surface area (Å²) in [4.78, 5) is 44.4. The number of aromatic amines is 1. The van der Waals surface area contributed by atoms with Crippen molar-refractivity contribution in [3.63, 3.8) is 0 Å². The summed E-state index contributed by atoms with van der Waals surface area (Å²) in [5, 5.41) is 9.96. The van der Waals surface area contributed by atoms with E-state index in [1.54, 1.807) is 23.0 Å². The first-order valence-electron chi connectivity index (χ1n) is 12.5. The molecule has 2 amide bonds. The Labute approximate surface area is 226 Å². The molecule has 200 valence electrons. The predicted octanol–water partition coefficient (Wildman–Crippen LogP) is 3.59. The van der Waals surface area contributed by atoms with Gasteiger partial charge in [0.2, 0.25) is 5.91 Å². The Morgan fingerprint density at radius 1 is 1.19 bits per heavy atom. The third kappa shape index (κ3) is 5.04. The Morgan fingerprint density at radius 2 is 1.86 bits per heavy atom. The largest absolute Gasteiger partial charge is 0.387 e. The van der Waals surface area contributed by atoms with E-state index in [9.17, 15) is 19.5 Å². The number of nitrogens with one attached hydrogen (secondary N) is 1. The van der Waals surface area contributed by atoms with Crippen molar-refractivity contribution >= 4 is 35.0 Å². The Kier molecular flexibility index (Phi) is 8.04. The number of halogens is 2. The molecular weight excluding hydrogens is 517 g/mol. The highest BCUT2D eigenvalue weighted by Gasteiger charge is 2.42. The number of aliphatic hydroxyl groups is 1. The summed E-state index contributed by atoms with van der Waals surface area (Å²) < 4.78 is 6.05. The lowest BCUT2D eigenvalue weighted by atomic mass is 9.76. The second-order valence-corrected chi connectivity index (χ2v) is 10.9. The molecule has 1 aromatic carbocycles. The Bertz CT molecular complexity index is 1290. The molecule has 10 heteroatoms. The van der Waals surface area contributed by atoms with Gasteiger partial charge in [-0.15, -0.1) is 0 Å². The molecule has 0 saturated carbocycles. The lowest BCUT2D eigenvalue weighted by molar-refractivity contribution is -0.138. The van der Waals surface area contributed by atoms with E-state index in [0.717, 1.165) is 11.3 Å². The number of aromatic nitrogens is 1. The number of aryl methyl sites for hydroxylation is 2. The van der Waals surface area contributed by atoms with Crippen molar-refractivity contribution in [3.8, 4) is 0 Å². The zero-order valence-corrected chi connectivity index (χ0v) is 23.1. The maximum Gasteiger partial charge on any atom is 0.256 e. The molecule has 4 rings (SSSR count). The van der Waals surface area contributed by atoms with Crippen LogP contribution in [0.1, 0.15) is 58.1 Å². The minimum Gasteiger partial charge on any atom is -0.387 e. The SMILES string of the molecule is COC(C)(c1cc(Cl)c2c(c1Cl)C(=O)N(Cc1c(C)cc(C)[nH]c1=O)CC2)C1CCN(C(=O)CO)CC1. The van der Waals surface area contributed by atoms with E-state index in [4.69, 9.17) is 27.9 Å². The van der Waals surface area contributed by atoms with Crippen LogP contribution in [0, 0.1) is 19.8 Å². The van der Waals surface area contributed by atoms with E-state index in [2.05, 4.69) is 4.98 Å². The van der Waals surface area contributed by atoms with Gasteiger partial charge in [0.05, 0.1) is 22.7 Å². The average Bonchev–Trinajstić information content (AvgIpc) is 2.88. The molecule has 1 aromatic heterocycles. The molecule has 2 N–H and O–H groups in total. The van der Waals surface area contributed by atoms with Crippen molar-refractivity contribution in [1.82, 2.24) is 14.8 Å². The van der Waals surface area contributed by atoms with Gasteiger partial charge in [0.15, 0.2) is 0 Å². The first-order valence-corrected chi connectivity index (χ1v) is 13.2. The summed E-state index contributed by atoms with van der Waals surface area (Å²) in [6, 6.07) is 3.69. The Morgan fingerprint density at radius 3 is 2.46 bits per heavy atom. The van der Waals surface area contributed by atoms with Gasteiger partial charge >= 0.3 is 0 Å². The van der Waals surface area contributed by atoms with Gasteiger partial charge in [-0.3, -0.25) is 14.4 Å². The number of ether oxygens (including phenoxy) is 1. The molecule has 1 unspecified atom stereocenters. The van der Waals surface area contributed by atoms with Crippen LogP contribution in [0.3, 0.4) is 0 Å². The van der Waals surface area contributed by atoms with Crippen molar-refractivity contribution in [1.29, 1.82) is 0 Å². The van der Waals surface area contributed by atoms with E-state index in [-0.39, 0.29) is 29.8 Å². The number of fused-ring (bicyclic) bond motifs is 1. The van der Waals surface area contributed by atoms with Crippen LogP contribution in [0.5, 0.6) is 0 Å². The summed E-state index contributed by atoms with van der Waals surface area (Å²) in [7, 11) is 1.61. The highest BCUT2D eigenvalue weighted by Crippen LogP contribution is 2.46. The van der Waals surface area contributed by atoms with Gasteiger partial charge < -0.3 is 24.6 Å². The lowest BCUT2D eigenvalue weighted by Gasteiger charge is -2.43. The number of hydrogen-bond donors (Lipinski definition) is 2. The lowest BCUT2D eigenvalue weighted by Crippen LogP contribution is -2.46. The summed E-state index contributed by atoms with van der Waals surface area (Å²) >= 11 is 13.7. The van der Waals surface area contributed by atoms with Gasteiger partial charge in [-0.2, -0.15) is 0 Å². The monoisotopic (exact) mass is 549 g/mol. The summed E-state index contributed by atoms with van der Waals surface area (Å²) in [5.74, 6) is -0.549. The summed E-state index contributed by atoms with van der Waals surface area (Å²) in [6.07, 6.45) is 1.82. The number of rotatable bonds is 6. The highest BCUT2D eigenvalue weighted by atomic mass is 35.5. The van der Waals surface area contributed by atoms with Crippen LogP contribution < -0.4 is 5.56 Å². The van der Waals surface area contributed by atoms with Crippen molar-refractivity contribution in [2.75, 3.05) is 33.4 Å². The molecule has 3 heterocycles. The molecule has 0 radical (unpaired) electrons. The number of piperidine rings is 1. The zero-order valence-electron chi connectivity index (χ0n) is 21.6. The molecule has 1 atom stereocenters. The summed E-state index contributed by atoms with van der Waals surface area (Å²) in [6.45, 7) is 6.71. The van der Waals surface area contributed by atoms with Gasteiger partial charge in [0, 0.05) is 48.6 Å². The second kappa shape index (κ2) is 10.8. The molecule has 8 nitrogen and oxygen atoms in total. The average molecular weight is 550 g/mol. The zero-order chi connectivity index (χ0) is 27.1. The molecule has 0 aliphatic carbocycles. The number of carbonyl (C=O) groups excluding carboxylic acids is 2. The minimum atomic E-state index is -0.850. The fraction of sp³-hybridized carbons (Fsp3) is 0.519. The number of amides is 2. The van der Waals surface area contributed by atoms with E-state index < -0.39 is 12.2 Å². The molecule has 0 spiro atoms. The number of nitrogens with zero attached hydrogens (tertiary/aromatic N) is 2. The topological polar surface area (TPSA) is 103 Å². The van der Waals surface area contributed by atoms with E-state index >= 15 is 0 Å². The van der Waals surface area contributed by atoms with E-state index in [0.29, 0.717) is 71.2 Å². The maximum absolute atomic E-state index is 13.7. The minimum absolute atomic E-state index is 0.00965. The van der Waals surface area contributed by atoms with Crippen molar-refractivity contribution < 1.29 is 19.4 Å². The normalized spacial score (nSPS) is 18.1. The van der Waals surface area contributed by atoms with Crippen LogP contribution in [-0.2, 0) is 28.1 Å². The van der Waals surface area contributed by atoms with Gasteiger partial charge in [0.1, 0.15) is 6.61 Å². The van der Waals surface area contributed by atoms with Gasteiger partial charge in [-0.25, -0.2) is 0 Å². The quantitative estimate of drug-likeness (QED) is 0.573. The number of methoxy groups -OCH3 is 1. The number of hydrogen-bond acceptors (Lipinski definition) is 5. The number of aliphatic hydroxyl groups excluding tert-OH is 1. The fourth-order valence-electron chi connectivity index (χ4n) is 5.69. The Hall–Kier alpha value is -2.39. The number of H-pyrrole nitrogens is 1. The molecule has 2 aliphatic heterocycles. The van der Waals surface area contributed by atoms with Crippen LogP contribution >= 0.6 is 23.2 Å². The standard InChI is InChI=1S/C27H33Cl2N3O5/c1-15-11-16(2)30-25(35)19(15)13-32-10-7-18-21(28)12-20(24(29)23(18)26(32)36)27(3,37-4)17-5-8-31(9-6-17)22(34)14-33/h11-12,17,33H,5-10,13-14H2,1-4H3,(H,30,35). The van der Waals surface area contributed by atoms with Gasteiger partial charge in [-0.05, 0) is 69.2 Å². The molecule has 2 aliphatic rings. The number of carbonyl (C=O) groups is 2. The van der Waals surface area contributed by atoms with Crippen LogP contribution in [-0.4, -0.2) is 65.1 Å². The van der Waals surface area contributed by atoms with Crippen LogP contribution in [0.15, 0.2) is 16.9 Å². The molecule has 1 saturated heterocycles.